The van der Waals surface area contributed by atoms with Crippen molar-refractivity contribution in [3.63, 3.8) is 0 Å². The lowest BCUT2D eigenvalue weighted by atomic mass is 9.47. The van der Waals surface area contributed by atoms with Gasteiger partial charge in [-0.25, -0.2) is 0 Å². The highest BCUT2D eigenvalue weighted by molar-refractivity contribution is 5.76. The highest BCUT2D eigenvalue weighted by atomic mass is 16.5. The Kier molecular flexibility index (Phi) is 3.12. The van der Waals surface area contributed by atoms with E-state index < -0.39 is 0 Å². The molecule has 6 rings (SSSR count). The summed E-state index contributed by atoms with van der Waals surface area (Å²) in [6.07, 6.45) is 7.77. The van der Waals surface area contributed by atoms with E-state index in [9.17, 15) is 9.90 Å². The number of ether oxygens (including phenoxy) is 1. The van der Waals surface area contributed by atoms with Crippen molar-refractivity contribution in [3.05, 3.63) is 23.3 Å². The number of phenols is 1. The summed E-state index contributed by atoms with van der Waals surface area (Å²) in [4.78, 5) is 15.1. The molecule has 1 aromatic rings. The summed E-state index contributed by atoms with van der Waals surface area (Å²) in [5.41, 5.74) is 2.06. The van der Waals surface area contributed by atoms with Crippen LogP contribution in [0.3, 0.4) is 0 Å². The summed E-state index contributed by atoms with van der Waals surface area (Å²) < 4.78 is 6.42. The van der Waals surface area contributed by atoms with Crippen molar-refractivity contribution >= 4 is 5.91 Å². The van der Waals surface area contributed by atoms with Crippen LogP contribution < -0.4 is 10.1 Å². The molecule has 2 aliphatic heterocycles. The van der Waals surface area contributed by atoms with E-state index in [1.54, 1.807) is 13.0 Å². The molecular formula is C22H28N2O3. The summed E-state index contributed by atoms with van der Waals surface area (Å²) in [6, 6.07) is 4.22. The maximum absolute atomic E-state index is 12.4. The van der Waals surface area contributed by atoms with Crippen LogP contribution in [0.2, 0.25) is 0 Å². The number of benzene rings is 1. The van der Waals surface area contributed by atoms with Gasteiger partial charge in [-0.1, -0.05) is 6.07 Å². The predicted molar refractivity (Wildman–Crippen MR) is 101 cm³/mol. The Morgan fingerprint density at radius 3 is 2.96 bits per heavy atom. The Morgan fingerprint density at radius 2 is 2.19 bits per heavy atom. The normalized spacial score (nSPS) is 38.9. The minimum atomic E-state index is -0.277. The molecular weight excluding hydrogens is 340 g/mol. The minimum absolute atomic E-state index is 0.0605. The molecule has 0 unspecified atom stereocenters. The maximum Gasteiger partial charge on any atom is 0.217 e. The summed E-state index contributed by atoms with van der Waals surface area (Å²) in [7, 11) is 0. The average Bonchev–Trinajstić information content (AvgIpc) is 3.37. The fourth-order valence-electron chi connectivity index (χ4n) is 7.09. The first-order valence-electron chi connectivity index (χ1n) is 10.6. The van der Waals surface area contributed by atoms with E-state index in [2.05, 4.69) is 16.3 Å². The minimum Gasteiger partial charge on any atom is -0.504 e. The van der Waals surface area contributed by atoms with Crippen LogP contribution in [0.15, 0.2) is 12.1 Å². The van der Waals surface area contributed by atoms with Crippen molar-refractivity contribution in [1.29, 1.82) is 0 Å². The second kappa shape index (κ2) is 5.19. The van der Waals surface area contributed by atoms with Crippen LogP contribution in [0.4, 0.5) is 0 Å². The van der Waals surface area contributed by atoms with E-state index in [0.29, 0.717) is 11.8 Å². The van der Waals surface area contributed by atoms with Gasteiger partial charge in [0, 0.05) is 25.1 Å². The molecule has 1 saturated heterocycles. The lowest BCUT2D eigenvalue weighted by Crippen LogP contribution is -2.80. The van der Waals surface area contributed by atoms with Crippen molar-refractivity contribution in [2.45, 2.75) is 75.0 Å². The van der Waals surface area contributed by atoms with Crippen LogP contribution in [0, 0.1) is 5.92 Å². The van der Waals surface area contributed by atoms with Gasteiger partial charge >= 0.3 is 0 Å². The molecule has 4 atom stereocenters. The van der Waals surface area contributed by atoms with Gasteiger partial charge in [0.15, 0.2) is 11.5 Å². The lowest BCUT2D eigenvalue weighted by molar-refractivity contribution is -0.132. The first kappa shape index (κ1) is 16.2. The second-order valence-corrected chi connectivity index (χ2v) is 9.48. The number of carbonyl (C=O) groups is 1. The third-order valence-corrected chi connectivity index (χ3v) is 8.12. The van der Waals surface area contributed by atoms with Gasteiger partial charge < -0.3 is 15.2 Å². The van der Waals surface area contributed by atoms with Crippen molar-refractivity contribution < 1.29 is 14.6 Å². The van der Waals surface area contributed by atoms with E-state index in [1.807, 2.05) is 0 Å². The number of nitrogens with zero attached hydrogens (tertiary/aromatic N) is 1. The molecule has 1 amide bonds. The van der Waals surface area contributed by atoms with Crippen molar-refractivity contribution in [2.24, 2.45) is 5.92 Å². The van der Waals surface area contributed by atoms with E-state index in [1.165, 1.54) is 24.0 Å². The highest BCUT2D eigenvalue weighted by Gasteiger charge is 2.71. The quantitative estimate of drug-likeness (QED) is 0.861. The zero-order valence-corrected chi connectivity index (χ0v) is 16.0. The van der Waals surface area contributed by atoms with Gasteiger partial charge in [0.1, 0.15) is 6.10 Å². The molecule has 2 N–H and O–H groups in total. The Labute approximate surface area is 160 Å². The summed E-state index contributed by atoms with van der Waals surface area (Å²) >= 11 is 0. The van der Waals surface area contributed by atoms with E-state index in [0.717, 1.165) is 51.1 Å². The molecule has 5 aliphatic rings. The monoisotopic (exact) mass is 368 g/mol. The number of likely N-dealkylation sites (tertiary alicyclic amines) is 1. The maximum atomic E-state index is 12.4. The number of nitrogens with one attached hydrogen (secondary N) is 1. The SMILES string of the molecule is CC(=O)N[C@@]12CCC[C@@H]3Oc4c(O)ccc5c4[C@]31CCN(CC1CC1)[C@@H]2C5. The van der Waals surface area contributed by atoms with Gasteiger partial charge in [-0.05, 0) is 69.0 Å². The number of piperidine rings is 1. The van der Waals surface area contributed by atoms with Crippen LogP contribution in [-0.4, -0.2) is 46.7 Å². The molecule has 1 spiro atoms. The van der Waals surface area contributed by atoms with Crippen molar-refractivity contribution in [1.82, 2.24) is 10.2 Å². The Morgan fingerprint density at radius 1 is 1.33 bits per heavy atom. The van der Waals surface area contributed by atoms with E-state index in [4.69, 9.17) is 4.74 Å². The molecule has 0 aromatic heterocycles. The molecule has 27 heavy (non-hydrogen) atoms. The lowest BCUT2D eigenvalue weighted by Gasteiger charge is -2.65. The molecule has 2 saturated carbocycles. The fourth-order valence-corrected chi connectivity index (χ4v) is 7.09. The molecule has 144 valence electrons. The summed E-state index contributed by atoms with van der Waals surface area (Å²) in [5.74, 6) is 1.85. The third-order valence-electron chi connectivity index (χ3n) is 8.12. The van der Waals surface area contributed by atoms with Crippen molar-refractivity contribution in [2.75, 3.05) is 13.1 Å². The molecule has 2 bridgehead atoms. The van der Waals surface area contributed by atoms with Crippen LogP contribution in [0.25, 0.3) is 0 Å². The van der Waals surface area contributed by atoms with Gasteiger partial charge in [-0.2, -0.15) is 0 Å². The van der Waals surface area contributed by atoms with Crippen LogP contribution in [-0.2, 0) is 16.6 Å². The first-order valence-corrected chi connectivity index (χ1v) is 10.6. The van der Waals surface area contributed by atoms with Gasteiger partial charge in [-0.3, -0.25) is 9.69 Å². The number of hydrogen-bond donors (Lipinski definition) is 2. The molecule has 0 radical (unpaired) electrons. The molecule has 5 heteroatoms. The molecule has 1 aromatic carbocycles. The van der Waals surface area contributed by atoms with Crippen LogP contribution >= 0.6 is 0 Å². The van der Waals surface area contributed by atoms with E-state index >= 15 is 0 Å². The number of amides is 1. The predicted octanol–water partition coefficient (Wildman–Crippen LogP) is 2.49. The zero-order chi connectivity index (χ0) is 18.4. The van der Waals surface area contributed by atoms with Crippen LogP contribution in [0.1, 0.15) is 56.6 Å². The van der Waals surface area contributed by atoms with Gasteiger partial charge in [0.25, 0.3) is 0 Å². The Hall–Kier alpha value is -1.75. The fraction of sp³-hybridized carbons (Fsp3) is 0.682. The van der Waals surface area contributed by atoms with Crippen LogP contribution in [0.5, 0.6) is 11.5 Å². The number of phenolic OH excluding ortho intramolecular Hbond substituents is 1. The number of rotatable bonds is 3. The highest BCUT2D eigenvalue weighted by Crippen LogP contribution is 2.65. The Balaban J connectivity index is 1.58. The van der Waals surface area contributed by atoms with Gasteiger partial charge in [0.2, 0.25) is 5.91 Å². The number of aromatic hydroxyl groups is 1. The first-order chi connectivity index (χ1) is 13.0. The van der Waals surface area contributed by atoms with E-state index in [-0.39, 0.29) is 28.7 Å². The largest absolute Gasteiger partial charge is 0.504 e. The number of carbonyl (C=O) groups excluding carboxylic acids is 1. The summed E-state index contributed by atoms with van der Waals surface area (Å²) in [6.45, 7) is 3.88. The third kappa shape index (κ3) is 1.91. The van der Waals surface area contributed by atoms with Gasteiger partial charge in [0.05, 0.1) is 11.0 Å². The topological polar surface area (TPSA) is 61.8 Å². The Bertz CT molecular complexity index is 835. The summed E-state index contributed by atoms with van der Waals surface area (Å²) in [5, 5.41) is 14.0. The molecule has 2 heterocycles. The molecule has 5 nitrogen and oxygen atoms in total. The van der Waals surface area contributed by atoms with Gasteiger partial charge in [-0.15, -0.1) is 0 Å². The molecule has 3 aliphatic carbocycles. The average molecular weight is 368 g/mol. The standard InChI is InChI=1S/C22H28N2O3/c1-13(25)23-22-8-2-3-18-21(22)9-10-24(12-14-4-5-14)17(22)11-15-6-7-16(26)20(27-18)19(15)21/h6-7,14,17-18,26H,2-5,8-12H2,1H3,(H,23,25)/t17-,18+,21+,22-/m1/s1. The second-order valence-electron chi connectivity index (χ2n) is 9.48. The smallest absolute Gasteiger partial charge is 0.217 e. The molecule has 3 fully saturated rings. The zero-order valence-electron chi connectivity index (χ0n) is 16.0. The number of hydrogen-bond acceptors (Lipinski definition) is 4. The van der Waals surface area contributed by atoms with Crippen molar-refractivity contribution in [3.8, 4) is 11.5 Å².